The van der Waals surface area contributed by atoms with E-state index in [1.54, 1.807) is 6.07 Å². The molecule has 0 spiro atoms. The number of anilines is 2. The first-order valence-corrected chi connectivity index (χ1v) is 15.6. The number of fused-ring (bicyclic) bond motifs is 2. The minimum absolute atomic E-state index is 0.0675. The van der Waals surface area contributed by atoms with Crippen LogP contribution in [0.1, 0.15) is 5.56 Å². The minimum Gasteiger partial charge on any atom is -0.505 e. The van der Waals surface area contributed by atoms with Crippen molar-refractivity contribution >= 4 is 46.2 Å². The van der Waals surface area contributed by atoms with E-state index in [9.17, 15) is 63.5 Å². The first kappa shape index (κ1) is 37.8. The summed E-state index contributed by atoms with van der Waals surface area (Å²) in [5.41, 5.74) is -1.82. The predicted octanol–water partition coefficient (Wildman–Crippen LogP) is 3.83. The van der Waals surface area contributed by atoms with Gasteiger partial charge in [-0.25, -0.2) is 8.78 Å². The molecule has 54 heavy (non-hydrogen) atoms. The number of ether oxygens (including phenoxy) is 2. The van der Waals surface area contributed by atoms with Gasteiger partial charge in [-0.3, -0.25) is 24.0 Å². The highest BCUT2D eigenvalue weighted by atomic mass is 19.1. The fourth-order valence-electron chi connectivity index (χ4n) is 5.67. The zero-order valence-corrected chi connectivity index (χ0v) is 27.6. The Morgan fingerprint density at radius 2 is 1.30 bits per heavy atom. The van der Waals surface area contributed by atoms with Crippen LogP contribution < -0.4 is 24.7 Å². The van der Waals surface area contributed by atoms with Gasteiger partial charge in [0.25, 0.3) is 0 Å². The monoisotopic (exact) mass is 747 g/mol. The van der Waals surface area contributed by atoms with E-state index in [4.69, 9.17) is 13.9 Å². The zero-order valence-electron chi connectivity index (χ0n) is 27.6. The van der Waals surface area contributed by atoms with Crippen LogP contribution in [-0.2, 0) is 19.2 Å². The Bertz CT molecular complexity index is 2340. The summed E-state index contributed by atoms with van der Waals surface area (Å²) in [6.07, 6.45) is 0. The number of hydrogen-bond acceptors (Lipinski definition) is 12. The van der Waals surface area contributed by atoms with Crippen LogP contribution in [0.25, 0.3) is 33.4 Å². The topological polar surface area (TPSA) is 248 Å². The van der Waals surface area contributed by atoms with Crippen molar-refractivity contribution in [1.82, 2.24) is 0 Å². The Morgan fingerprint density at radius 1 is 0.722 bits per heavy atom. The maximum Gasteiger partial charge on any atom is 0.323 e. The molecular formula is C36H27F2N3O13. The first-order valence-electron chi connectivity index (χ1n) is 15.6. The highest BCUT2D eigenvalue weighted by molar-refractivity contribution is 6.04. The summed E-state index contributed by atoms with van der Waals surface area (Å²) < 4.78 is 47.0. The normalized spacial score (nSPS) is 10.8. The first-order chi connectivity index (χ1) is 25.7. The predicted molar refractivity (Wildman–Crippen MR) is 183 cm³/mol. The van der Waals surface area contributed by atoms with Gasteiger partial charge in [-0.1, -0.05) is 12.1 Å². The van der Waals surface area contributed by atoms with Crippen LogP contribution in [0.3, 0.4) is 0 Å². The Labute approximate surface area is 301 Å². The summed E-state index contributed by atoms with van der Waals surface area (Å²) in [5.74, 6) is -9.06. The summed E-state index contributed by atoms with van der Waals surface area (Å²) >= 11 is 0. The van der Waals surface area contributed by atoms with Crippen molar-refractivity contribution in [2.45, 2.75) is 0 Å². The maximum atomic E-state index is 14.8. The van der Waals surface area contributed by atoms with Crippen molar-refractivity contribution in [3.63, 3.8) is 0 Å². The highest BCUT2D eigenvalue weighted by Crippen LogP contribution is 2.45. The van der Waals surface area contributed by atoms with E-state index >= 15 is 0 Å². The standard InChI is InChI=1S/C36H27F2N3O13/c37-22-8-20-29(11-26(22)42)54-30-12-27(43)23(38)9-21(30)36(20)19-10-31(25(7-18(19)13-39)41(16-34(48)49)17-35(50)51)53-6-5-52-28-4-2-1-3-24(28)40(14-32(44)45)15-33(46)47/h1-4,7-12,42H,5-6,14-17H2,(H,44,45)(H,46,47)(H,48,49)(H,50,51). The van der Waals surface area contributed by atoms with Crippen LogP contribution in [0.15, 0.2) is 69.9 Å². The third-order valence-electron chi connectivity index (χ3n) is 7.78. The van der Waals surface area contributed by atoms with Gasteiger partial charge in [0.1, 0.15) is 62.2 Å². The number of halogens is 2. The number of nitriles is 1. The number of hydrogen-bond donors (Lipinski definition) is 5. The number of aromatic hydroxyl groups is 1. The molecule has 0 aromatic heterocycles. The van der Waals surface area contributed by atoms with Crippen LogP contribution in [0.5, 0.6) is 17.2 Å². The van der Waals surface area contributed by atoms with Gasteiger partial charge in [-0.2, -0.15) is 5.26 Å². The lowest BCUT2D eigenvalue weighted by atomic mass is 9.90. The molecular weight excluding hydrogens is 720 g/mol. The smallest absolute Gasteiger partial charge is 0.323 e. The summed E-state index contributed by atoms with van der Waals surface area (Å²) in [7, 11) is 0. The fraction of sp³-hybridized carbons (Fsp3) is 0.167. The van der Waals surface area contributed by atoms with E-state index in [0.717, 1.165) is 40.1 Å². The molecule has 5 rings (SSSR count). The number of aliphatic carboxylic acids is 4. The molecule has 3 aromatic carbocycles. The van der Waals surface area contributed by atoms with E-state index in [0.29, 0.717) is 0 Å². The molecule has 0 saturated carbocycles. The van der Waals surface area contributed by atoms with Gasteiger partial charge in [-0.15, -0.1) is 0 Å². The Kier molecular flexibility index (Phi) is 11.1. The molecule has 0 unspecified atom stereocenters. The van der Waals surface area contributed by atoms with Crippen molar-refractivity contribution in [2.75, 3.05) is 49.2 Å². The second-order valence-corrected chi connectivity index (χ2v) is 11.5. The maximum absolute atomic E-state index is 14.8. The summed E-state index contributed by atoms with van der Waals surface area (Å²) in [4.78, 5) is 60.6. The quantitative estimate of drug-likeness (QED) is 0.0711. The number of carbonyl (C=O) groups is 4. The molecule has 0 amide bonds. The van der Waals surface area contributed by atoms with Crippen LogP contribution in [0.4, 0.5) is 20.2 Å². The Hall–Kier alpha value is -7.42. The second kappa shape index (κ2) is 15.9. The van der Waals surface area contributed by atoms with Crippen molar-refractivity contribution < 1.29 is 67.4 Å². The molecule has 5 N–H and O–H groups in total. The zero-order chi connectivity index (χ0) is 39.3. The van der Waals surface area contributed by atoms with Crippen molar-refractivity contribution in [3.05, 3.63) is 88.1 Å². The SMILES string of the molecule is N#Cc1cc(N(CC(=O)O)CC(=O)O)c(OCCOc2ccccc2N(CC(=O)O)CC(=O)O)cc1-c1c2cc(F)c(=O)cc-2oc2cc(O)c(F)cc12. The number of para-hydroxylation sites is 2. The second-order valence-electron chi connectivity index (χ2n) is 11.5. The number of benzene rings is 4. The van der Waals surface area contributed by atoms with Crippen LogP contribution in [0, 0.1) is 23.0 Å². The van der Waals surface area contributed by atoms with Gasteiger partial charge < -0.3 is 49.2 Å². The molecule has 0 fully saturated rings. The molecule has 18 heteroatoms. The molecule has 3 aromatic rings. The van der Waals surface area contributed by atoms with E-state index < -0.39 is 72.9 Å². The summed E-state index contributed by atoms with van der Waals surface area (Å²) in [5, 5.41) is 58.1. The van der Waals surface area contributed by atoms with Gasteiger partial charge in [0, 0.05) is 34.2 Å². The number of rotatable bonds is 16. The van der Waals surface area contributed by atoms with Crippen LogP contribution in [-0.4, -0.2) is 88.8 Å². The van der Waals surface area contributed by atoms with Gasteiger partial charge in [0.15, 0.2) is 17.4 Å². The molecule has 1 heterocycles. The van der Waals surface area contributed by atoms with Gasteiger partial charge in [0.2, 0.25) is 5.43 Å². The number of carboxylic acids is 4. The van der Waals surface area contributed by atoms with Crippen LogP contribution in [0.2, 0.25) is 0 Å². The molecule has 1 aliphatic heterocycles. The molecule has 0 saturated heterocycles. The Morgan fingerprint density at radius 3 is 1.89 bits per heavy atom. The highest BCUT2D eigenvalue weighted by Gasteiger charge is 2.27. The number of phenols is 1. The van der Waals surface area contributed by atoms with E-state index in [2.05, 4.69) is 0 Å². The molecule has 278 valence electrons. The fourth-order valence-corrected chi connectivity index (χ4v) is 5.67. The van der Waals surface area contributed by atoms with Crippen molar-refractivity contribution in [1.29, 1.82) is 5.26 Å². The number of carboxylic acid groups (broad SMARTS) is 4. The third-order valence-corrected chi connectivity index (χ3v) is 7.78. The summed E-state index contributed by atoms with van der Waals surface area (Å²) in [6.45, 7) is -3.79. The third kappa shape index (κ3) is 8.37. The number of phenolic OH excluding ortho intramolecular Hbond substituents is 1. The van der Waals surface area contributed by atoms with E-state index in [-0.39, 0.29) is 75.1 Å². The molecule has 0 radical (unpaired) electrons. The van der Waals surface area contributed by atoms with Gasteiger partial charge >= 0.3 is 23.9 Å². The molecule has 0 atom stereocenters. The average Bonchev–Trinajstić information content (AvgIpc) is 3.09. The molecule has 1 aliphatic carbocycles. The largest absolute Gasteiger partial charge is 0.505 e. The Balaban J connectivity index is 1.64. The minimum atomic E-state index is -1.45. The molecule has 0 bridgehead atoms. The van der Waals surface area contributed by atoms with Crippen molar-refractivity contribution in [3.8, 4) is 45.8 Å². The van der Waals surface area contributed by atoms with Crippen molar-refractivity contribution in [2.24, 2.45) is 0 Å². The van der Waals surface area contributed by atoms with Gasteiger partial charge in [-0.05, 0) is 36.4 Å². The summed E-state index contributed by atoms with van der Waals surface area (Å²) in [6, 6.07) is 13.6. The molecule has 16 nitrogen and oxygen atoms in total. The average molecular weight is 748 g/mol. The molecule has 2 aliphatic rings. The number of nitrogens with zero attached hydrogens (tertiary/aromatic N) is 3. The lowest BCUT2D eigenvalue weighted by molar-refractivity contribution is -0.138. The lowest BCUT2D eigenvalue weighted by Crippen LogP contribution is -2.35. The van der Waals surface area contributed by atoms with Crippen LogP contribution >= 0.6 is 0 Å². The van der Waals surface area contributed by atoms with Gasteiger partial charge in [0.05, 0.1) is 23.0 Å². The lowest BCUT2D eigenvalue weighted by Gasteiger charge is -2.26. The van der Waals surface area contributed by atoms with E-state index in [1.807, 2.05) is 6.07 Å². The van der Waals surface area contributed by atoms with E-state index in [1.165, 1.54) is 24.3 Å².